The number of rotatable bonds is 6. The zero-order valence-corrected chi connectivity index (χ0v) is 21.0. The summed E-state index contributed by atoms with van der Waals surface area (Å²) in [4.78, 5) is 24.1. The van der Waals surface area contributed by atoms with Gasteiger partial charge in [0, 0.05) is 30.8 Å². The van der Waals surface area contributed by atoms with E-state index in [0.717, 1.165) is 28.5 Å². The highest BCUT2D eigenvalue weighted by Crippen LogP contribution is 2.39. The van der Waals surface area contributed by atoms with Crippen molar-refractivity contribution in [3.8, 4) is 34.1 Å². The first kappa shape index (κ1) is 24.1. The lowest BCUT2D eigenvalue weighted by Crippen LogP contribution is -2.38. The summed E-state index contributed by atoms with van der Waals surface area (Å²) < 4.78 is 38.8. The summed E-state index contributed by atoms with van der Waals surface area (Å²) in [5.41, 5.74) is 3.19. The monoisotopic (exact) mass is 532 g/mol. The highest BCUT2D eigenvalue weighted by Gasteiger charge is 2.32. The van der Waals surface area contributed by atoms with Gasteiger partial charge in [0.25, 0.3) is 0 Å². The average molecular weight is 533 g/mol. The third kappa shape index (κ3) is 4.39. The van der Waals surface area contributed by atoms with Crippen molar-refractivity contribution in [2.75, 3.05) is 19.9 Å². The van der Waals surface area contributed by atoms with Crippen LogP contribution in [0.25, 0.3) is 22.6 Å². The molecule has 0 radical (unpaired) electrons. The molecule has 2 aliphatic rings. The number of carboxylic acid groups (broad SMARTS) is 1. The topological polar surface area (TPSA) is 135 Å². The maximum absolute atomic E-state index is 13.2. The second-order valence-electron chi connectivity index (χ2n) is 9.14. The number of fused-ring (bicyclic) bond motifs is 1. The Hall–Kier alpha value is -4.22. The highest BCUT2D eigenvalue weighted by atomic mass is 32.2. The molecule has 2 aromatic heterocycles. The third-order valence-electron chi connectivity index (χ3n) is 6.87. The van der Waals surface area contributed by atoms with Gasteiger partial charge in [0.1, 0.15) is 5.82 Å². The molecule has 1 saturated heterocycles. The molecule has 6 rings (SSSR count). The second kappa shape index (κ2) is 9.58. The third-order valence-corrected chi connectivity index (χ3v) is 8.78. The first-order chi connectivity index (χ1) is 18.4. The number of aromatic nitrogens is 3. The predicted molar refractivity (Wildman–Crippen MR) is 138 cm³/mol. The summed E-state index contributed by atoms with van der Waals surface area (Å²) in [7, 11) is -3.73. The Bertz CT molecular complexity index is 1590. The predicted octanol–water partition coefficient (Wildman–Crippen LogP) is 4.13. The molecule has 0 amide bonds. The maximum Gasteiger partial charge on any atom is 0.335 e. The van der Waals surface area contributed by atoms with E-state index in [1.807, 2.05) is 36.4 Å². The minimum Gasteiger partial charge on any atom is -0.478 e. The van der Waals surface area contributed by atoms with Crippen LogP contribution < -0.4 is 9.47 Å². The van der Waals surface area contributed by atoms with Gasteiger partial charge in [0.2, 0.25) is 16.8 Å². The standard InChI is InChI=1S/C27H24N4O6S/c32-27(33)18-4-7-20(8-5-18)38(34,35)31-13-10-17(11-14-31)26-29-24(25(30-26)21-3-1-2-12-28-21)19-6-9-22-23(15-19)37-16-36-22/h1-9,12,15,17H,10-11,13-14,16H2,(H,29,30)(H,32,33). The number of hydrogen-bond acceptors (Lipinski definition) is 7. The van der Waals surface area contributed by atoms with Crippen LogP contribution in [0.1, 0.15) is 34.9 Å². The molecule has 0 atom stereocenters. The van der Waals surface area contributed by atoms with Gasteiger partial charge in [0.15, 0.2) is 11.5 Å². The second-order valence-corrected chi connectivity index (χ2v) is 11.1. The van der Waals surface area contributed by atoms with Gasteiger partial charge in [-0.3, -0.25) is 4.98 Å². The zero-order chi connectivity index (χ0) is 26.3. The van der Waals surface area contributed by atoms with E-state index in [1.54, 1.807) is 6.20 Å². The SMILES string of the molecule is O=C(O)c1ccc(S(=O)(=O)N2CCC(c3nc(-c4ccc5c(c4)OCO5)c(-c4ccccn4)[nH]3)CC2)cc1. The minimum atomic E-state index is -3.73. The lowest BCUT2D eigenvalue weighted by atomic mass is 9.97. The van der Waals surface area contributed by atoms with Gasteiger partial charge in [0.05, 0.1) is 27.5 Å². The Morgan fingerprint density at radius 3 is 2.47 bits per heavy atom. The summed E-state index contributed by atoms with van der Waals surface area (Å²) >= 11 is 0. The molecule has 1 fully saturated rings. The molecular weight excluding hydrogens is 508 g/mol. The zero-order valence-electron chi connectivity index (χ0n) is 20.2. The largest absolute Gasteiger partial charge is 0.478 e. The fourth-order valence-electron chi connectivity index (χ4n) is 4.82. The number of aromatic amines is 1. The van der Waals surface area contributed by atoms with E-state index in [4.69, 9.17) is 19.6 Å². The molecule has 0 aliphatic carbocycles. The fraction of sp³-hybridized carbons (Fsp3) is 0.222. The van der Waals surface area contributed by atoms with Crippen LogP contribution >= 0.6 is 0 Å². The van der Waals surface area contributed by atoms with Gasteiger partial charge < -0.3 is 19.6 Å². The smallest absolute Gasteiger partial charge is 0.335 e. The van der Waals surface area contributed by atoms with Crippen molar-refractivity contribution in [2.24, 2.45) is 0 Å². The Labute approximate surface area is 218 Å². The van der Waals surface area contributed by atoms with Crippen molar-refractivity contribution in [3.05, 3.63) is 78.2 Å². The van der Waals surface area contributed by atoms with E-state index >= 15 is 0 Å². The summed E-state index contributed by atoms with van der Waals surface area (Å²) in [6.45, 7) is 0.836. The first-order valence-corrected chi connectivity index (χ1v) is 13.6. The quantitative estimate of drug-likeness (QED) is 0.378. The van der Waals surface area contributed by atoms with E-state index in [2.05, 4.69) is 9.97 Å². The van der Waals surface area contributed by atoms with Crippen LogP contribution in [-0.2, 0) is 10.0 Å². The molecule has 2 aliphatic heterocycles. The minimum absolute atomic E-state index is 0.0288. The van der Waals surface area contributed by atoms with Crippen molar-refractivity contribution >= 4 is 16.0 Å². The molecule has 11 heteroatoms. The van der Waals surface area contributed by atoms with E-state index in [0.29, 0.717) is 37.4 Å². The average Bonchev–Trinajstić information content (AvgIpc) is 3.61. The number of benzene rings is 2. The summed E-state index contributed by atoms with van der Waals surface area (Å²) in [6, 6.07) is 16.7. The Morgan fingerprint density at radius 2 is 1.76 bits per heavy atom. The maximum atomic E-state index is 13.2. The number of piperidine rings is 1. The summed E-state index contributed by atoms with van der Waals surface area (Å²) in [6.07, 6.45) is 2.90. The molecule has 0 spiro atoms. The Balaban J connectivity index is 1.26. The molecule has 4 heterocycles. The number of imidazole rings is 1. The van der Waals surface area contributed by atoms with Crippen molar-refractivity contribution in [3.63, 3.8) is 0 Å². The van der Waals surface area contributed by atoms with Crippen LogP contribution in [0.15, 0.2) is 71.8 Å². The first-order valence-electron chi connectivity index (χ1n) is 12.1. The number of nitrogens with one attached hydrogen (secondary N) is 1. The number of aromatic carboxylic acids is 1. The number of carboxylic acids is 1. The van der Waals surface area contributed by atoms with Gasteiger partial charge in [-0.2, -0.15) is 4.31 Å². The number of ether oxygens (including phenoxy) is 2. The van der Waals surface area contributed by atoms with Crippen LogP contribution in [-0.4, -0.2) is 58.6 Å². The van der Waals surface area contributed by atoms with Crippen molar-refractivity contribution in [1.82, 2.24) is 19.3 Å². The van der Waals surface area contributed by atoms with Gasteiger partial charge >= 0.3 is 5.97 Å². The number of hydrogen-bond donors (Lipinski definition) is 2. The lowest BCUT2D eigenvalue weighted by Gasteiger charge is -2.30. The summed E-state index contributed by atoms with van der Waals surface area (Å²) in [5.74, 6) is 1.06. The molecular formula is C27H24N4O6S. The molecule has 10 nitrogen and oxygen atoms in total. The van der Waals surface area contributed by atoms with Crippen molar-refractivity contribution in [1.29, 1.82) is 0 Å². The van der Waals surface area contributed by atoms with E-state index in [-0.39, 0.29) is 23.2 Å². The molecule has 0 unspecified atom stereocenters. The highest BCUT2D eigenvalue weighted by molar-refractivity contribution is 7.89. The normalized spacial score (nSPS) is 16.0. The van der Waals surface area contributed by atoms with Crippen LogP contribution in [0.4, 0.5) is 0 Å². The van der Waals surface area contributed by atoms with Crippen molar-refractivity contribution < 1.29 is 27.8 Å². The Morgan fingerprint density at radius 1 is 1.00 bits per heavy atom. The van der Waals surface area contributed by atoms with E-state index < -0.39 is 16.0 Å². The van der Waals surface area contributed by atoms with Crippen molar-refractivity contribution in [2.45, 2.75) is 23.7 Å². The molecule has 2 N–H and O–H groups in total. The fourth-order valence-corrected chi connectivity index (χ4v) is 6.29. The Kier molecular flexibility index (Phi) is 6.09. The molecule has 4 aromatic rings. The molecule has 2 aromatic carbocycles. The molecule has 0 bridgehead atoms. The molecule has 38 heavy (non-hydrogen) atoms. The van der Waals surface area contributed by atoms with Gasteiger partial charge in [-0.25, -0.2) is 18.2 Å². The van der Waals surface area contributed by atoms with Gasteiger partial charge in [-0.1, -0.05) is 6.07 Å². The van der Waals surface area contributed by atoms with Crippen LogP contribution in [0.3, 0.4) is 0 Å². The lowest BCUT2D eigenvalue weighted by molar-refractivity contribution is 0.0696. The molecule has 194 valence electrons. The van der Waals surface area contributed by atoms with E-state index in [9.17, 15) is 13.2 Å². The molecule has 0 saturated carbocycles. The number of carbonyl (C=O) groups is 1. The number of H-pyrrole nitrogens is 1. The summed E-state index contributed by atoms with van der Waals surface area (Å²) in [5, 5.41) is 9.09. The van der Waals surface area contributed by atoms with Gasteiger partial charge in [-0.15, -0.1) is 0 Å². The van der Waals surface area contributed by atoms with Gasteiger partial charge in [-0.05, 0) is 67.4 Å². The van der Waals surface area contributed by atoms with E-state index in [1.165, 1.54) is 28.6 Å². The van der Waals surface area contributed by atoms with Crippen LogP contribution in [0.2, 0.25) is 0 Å². The van der Waals surface area contributed by atoms with Crippen LogP contribution in [0, 0.1) is 0 Å². The number of pyridine rings is 1. The van der Waals surface area contributed by atoms with Crippen LogP contribution in [0.5, 0.6) is 11.5 Å². The number of nitrogens with zero attached hydrogens (tertiary/aromatic N) is 3. The number of sulfonamides is 1.